The lowest BCUT2D eigenvalue weighted by atomic mass is 10.3. The van der Waals surface area contributed by atoms with Crippen LogP contribution in [0.5, 0.6) is 0 Å². The van der Waals surface area contributed by atoms with E-state index in [0.29, 0.717) is 29.6 Å². The quantitative estimate of drug-likeness (QED) is 0.692. The highest BCUT2D eigenvalue weighted by Gasteiger charge is 2.19. The van der Waals surface area contributed by atoms with E-state index >= 15 is 0 Å². The highest BCUT2D eigenvalue weighted by Crippen LogP contribution is 2.33. The molecule has 0 aliphatic heterocycles. The summed E-state index contributed by atoms with van der Waals surface area (Å²) in [5.74, 6) is -2.06. The van der Waals surface area contributed by atoms with Crippen LogP contribution in [0.1, 0.15) is 5.69 Å². The van der Waals surface area contributed by atoms with Gasteiger partial charge in [-0.25, -0.2) is 13.8 Å². The third-order valence-corrected chi connectivity index (χ3v) is 3.75. The SMILES string of the molecule is Cn1c(CO)cnc1Sc1c(F)cc([N+](=O)[O-])cc1F. The van der Waals surface area contributed by atoms with Crippen molar-refractivity contribution in [1.82, 2.24) is 9.55 Å². The van der Waals surface area contributed by atoms with Crippen LogP contribution in [-0.4, -0.2) is 19.6 Å². The number of halogens is 2. The van der Waals surface area contributed by atoms with Gasteiger partial charge in [-0.05, 0) is 11.8 Å². The molecule has 0 amide bonds. The zero-order valence-electron chi connectivity index (χ0n) is 10.2. The summed E-state index contributed by atoms with van der Waals surface area (Å²) in [4.78, 5) is 13.2. The number of nitrogens with zero attached hydrogens (tertiary/aromatic N) is 3. The minimum Gasteiger partial charge on any atom is -0.390 e. The second-order valence-corrected chi connectivity index (χ2v) is 4.82. The molecule has 0 aliphatic rings. The van der Waals surface area contributed by atoms with Gasteiger partial charge in [-0.2, -0.15) is 0 Å². The summed E-state index contributed by atoms with van der Waals surface area (Å²) >= 11 is 0.692. The summed E-state index contributed by atoms with van der Waals surface area (Å²) < 4.78 is 28.9. The molecule has 1 aromatic carbocycles. The molecular formula is C11H9F2N3O3S. The van der Waals surface area contributed by atoms with Crippen LogP contribution >= 0.6 is 11.8 Å². The predicted octanol–water partition coefficient (Wildman–Crippen LogP) is 2.25. The van der Waals surface area contributed by atoms with Crippen LogP contribution in [0.15, 0.2) is 28.4 Å². The smallest absolute Gasteiger partial charge is 0.275 e. The van der Waals surface area contributed by atoms with Crippen LogP contribution in [0.3, 0.4) is 0 Å². The topological polar surface area (TPSA) is 81.2 Å². The van der Waals surface area contributed by atoms with Gasteiger partial charge in [0.1, 0.15) is 11.6 Å². The van der Waals surface area contributed by atoms with Gasteiger partial charge in [0, 0.05) is 7.05 Å². The first kappa shape index (κ1) is 14.4. The molecule has 0 bridgehead atoms. The maximum Gasteiger partial charge on any atom is 0.275 e. The Hall–Kier alpha value is -2.00. The molecule has 1 heterocycles. The number of benzene rings is 1. The number of nitro groups is 1. The van der Waals surface area contributed by atoms with Crippen LogP contribution in [0.25, 0.3) is 0 Å². The van der Waals surface area contributed by atoms with Crippen molar-refractivity contribution in [3.63, 3.8) is 0 Å². The van der Waals surface area contributed by atoms with E-state index in [1.165, 1.54) is 10.8 Å². The highest BCUT2D eigenvalue weighted by molar-refractivity contribution is 7.99. The van der Waals surface area contributed by atoms with Crippen molar-refractivity contribution in [3.8, 4) is 0 Å². The van der Waals surface area contributed by atoms with Gasteiger partial charge < -0.3 is 9.67 Å². The molecule has 1 aromatic heterocycles. The van der Waals surface area contributed by atoms with Gasteiger partial charge in [0.15, 0.2) is 5.16 Å². The van der Waals surface area contributed by atoms with Crippen molar-refractivity contribution in [3.05, 3.63) is 45.8 Å². The third-order valence-electron chi connectivity index (χ3n) is 2.59. The van der Waals surface area contributed by atoms with Gasteiger partial charge in [0.05, 0.1) is 40.4 Å². The lowest BCUT2D eigenvalue weighted by molar-refractivity contribution is -0.385. The van der Waals surface area contributed by atoms with Crippen molar-refractivity contribution >= 4 is 17.4 Å². The predicted molar refractivity (Wildman–Crippen MR) is 66.3 cm³/mol. The average Bonchev–Trinajstić information content (AvgIpc) is 2.74. The van der Waals surface area contributed by atoms with Crippen LogP contribution in [0.2, 0.25) is 0 Å². The molecule has 0 aliphatic carbocycles. The molecule has 9 heteroatoms. The van der Waals surface area contributed by atoms with E-state index < -0.39 is 22.2 Å². The molecule has 0 radical (unpaired) electrons. The van der Waals surface area contributed by atoms with Crippen molar-refractivity contribution in [2.75, 3.05) is 0 Å². The van der Waals surface area contributed by atoms with Crippen LogP contribution in [-0.2, 0) is 13.7 Å². The first-order chi connectivity index (χ1) is 9.43. The number of aliphatic hydroxyl groups is 1. The van der Waals surface area contributed by atoms with Gasteiger partial charge in [-0.15, -0.1) is 0 Å². The molecule has 20 heavy (non-hydrogen) atoms. The van der Waals surface area contributed by atoms with E-state index in [4.69, 9.17) is 5.11 Å². The highest BCUT2D eigenvalue weighted by atomic mass is 32.2. The Morgan fingerprint density at radius 2 is 2.05 bits per heavy atom. The Morgan fingerprint density at radius 3 is 2.50 bits per heavy atom. The first-order valence-corrected chi connectivity index (χ1v) is 6.18. The zero-order valence-corrected chi connectivity index (χ0v) is 11.0. The Morgan fingerprint density at radius 1 is 1.45 bits per heavy atom. The molecular weight excluding hydrogens is 292 g/mol. The molecule has 0 unspecified atom stereocenters. The number of rotatable bonds is 4. The third kappa shape index (κ3) is 2.63. The maximum atomic E-state index is 13.7. The molecule has 2 aromatic rings. The van der Waals surface area contributed by atoms with Gasteiger partial charge in [0.25, 0.3) is 5.69 Å². The van der Waals surface area contributed by atoms with Crippen molar-refractivity contribution in [2.24, 2.45) is 7.05 Å². The summed E-state index contributed by atoms with van der Waals surface area (Å²) in [7, 11) is 1.59. The molecule has 0 atom stereocenters. The van der Waals surface area contributed by atoms with E-state index in [-0.39, 0.29) is 16.7 Å². The van der Waals surface area contributed by atoms with Crippen molar-refractivity contribution in [1.29, 1.82) is 0 Å². The number of non-ortho nitro benzene ring substituents is 1. The number of hydrogen-bond acceptors (Lipinski definition) is 5. The maximum absolute atomic E-state index is 13.7. The summed E-state index contributed by atoms with van der Waals surface area (Å²) in [5.41, 5.74) is -0.171. The molecule has 6 nitrogen and oxygen atoms in total. The second kappa shape index (κ2) is 5.55. The minimum absolute atomic E-state index is 0.255. The van der Waals surface area contributed by atoms with Crippen molar-refractivity contribution in [2.45, 2.75) is 16.7 Å². The molecule has 2 rings (SSSR count). The monoisotopic (exact) mass is 301 g/mol. The van der Waals surface area contributed by atoms with E-state index in [9.17, 15) is 18.9 Å². The Bertz CT molecular complexity index is 652. The fraction of sp³-hybridized carbons (Fsp3) is 0.182. The van der Waals surface area contributed by atoms with Gasteiger partial charge in [-0.1, -0.05) is 0 Å². The van der Waals surface area contributed by atoms with E-state index in [1.807, 2.05) is 0 Å². The summed E-state index contributed by atoms with van der Waals surface area (Å²) in [5, 5.41) is 19.8. The second-order valence-electron chi connectivity index (χ2n) is 3.85. The normalized spacial score (nSPS) is 10.8. The van der Waals surface area contributed by atoms with Crippen LogP contribution in [0, 0.1) is 21.7 Å². The Balaban J connectivity index is 2.38. The van der Waals surface area contributed by atoms with Crippen LogP contribution < -0.4 is 0 Å². The number of imidazole rings is 1. The molecule has 0 fully saturated rings. The molecule has 0 saturated heterocycles. The fourth-order valence-electron chi connectivity index (χ4n) is 1.51. The standard InChI is InChI=1S/C11H9F2N3O3S/c1-15-7(5-17)4-14-11(15)20-10-8(12)2-6(16(18)19)3-9(10)13/h2-4,17H,5H2,1H3. The lowest BCUT2D eigenvalue weighted by Gasteiger charge is -2.06. The molecule has 0 spiro atoms. The molecule has 1 N–H and O–H groups in total. The van der Waals surface area contributed by atoms with E-state index in [1.54, 1.807) is 7.05 Å². The van der Waals surface area contributed by atoms with Gasteiger partial charge >= 0.3 is 0 Å². The number of aliphatic hydroxyl groups excluding tert-OH is 1. The number of aromatic nitrogens is 2. The largest absolute Gasteiger partial charge is 0.390 e. The van der Waals surface area contributed by atoms with Crippen LogP contribution in [0.4, 0.5) is 14.5 Å². The summed E-state index contributed by atoms with van der Waals surface area (Å²) in [6, 6.07) is 1.31. The lowest BCUT2D eigenvalue weighted by Crippen LogP contribution is -1.99. The minimum atomic E-state index is -1.03. The summed E-state index contributed by atoms with van der Waals surface area (Å²) in [6.07, 6.45) is 1.38. The zero-order chi connectivity index (χ0) is 14.9. The number of hydrogen-bond donors (Lipinski definition) is 1. The van der Waals surface area contributed by atoms with E-state index in [2.05, 4.69) is 4.98 Å². The van der Waals surface area contributed by atoms with Crippen molar-refractivity contribution < 1.29 is 18.8 Å². The summed E-state index contributed by atoms with van der Waals surface area (Å²) in [6.45, 7) is -0.255. The molecule has 0 saturated carbocycles. The van der Waals surface area contributed by atoms with Gasteiger partial charge in [0.2, 0.25) is 0 Å². The first-order valence-electron chi connectivity index (χ1n) is 5.36. The molecule has 106 valence electrons. The van der Waals surface area contributed by atoms with E-state index in [0.717, 1.165) is 0 Å². The average molecular weight is 301 g/mol. The Labute approximate surface area is 116 Å². The van der Waals surface area contributed by atoms with Gasteiger partial charge in [-0.3, -0.25) is 10.1 Å². The number of nitro benzene ring substituents is 1. The fourth-order valence-corrected chi connectivity index (χ4v) is 2.36. The Kier molecular flexibility index (Phi) is 4.00.